The third-order valence-electron chi connectivity index (χ3n) is 5.66. The highest BCUT2D eigenvalue weighted by atomic mass is 32.2. The van der Waals surface area contributed by atoms with Gasteiger partial charge in [-0.05, 0) is 60.7 Å². The van der Waals surface area contributed by atoms with Crippen LogP contribution in [0, 0.1) is 6.92 Å². The Morgan fingerprint density at radius 3 is 2.30 bits per heavy atom. The fourth-order valence-electron chi connectivity index (χ4n) is 4.04. The van der Waals surface area contributed by atoms with Gasteiger partial charge in [-0.25, -0.2) is 8.51 Å². The first kappa shape index (κ1) is 20.6. The average molecular weight is 422 g/mol. The summed E-state index contributed by atoms with van der Waals surface area (Å²) in [6.07, 6.45) is 1.60. The van der Waals surface area contributed by atoms with E-state index in [4.69, 9.17) is 9.47 Å². The summed E-state index contributed by atoms with van der Waals surface area (Å²) < 4.78 is 26.8. The molecule has 3 aromatic carbocycles. The van der Waals surface area contributed by atoms with Gasteiger partial charge in [0.2, 0.25) is 0 Å². The van der Waals surface area contributed by atoms with Crippen LogP contribution < -0.4 is 9.47 Å². The molecule has 0 amide bonds. The van der Waals surface area contributed by atoms with Crippen molar-refractivity contribution in [1.29, 1.82) is 0 Å². The number of rotatable bonds is 6. The van der Waals surface area contributed by atoms with E-state index in [2.05, 4.69) is 40.7 Å². The van der Waals surface area contributed by atoms with Gasteiger partial charge in [0.1, 0.15) is 11.0 Å². The minimum absolute atomic E-state index is 0.0157. The summed E-state index contributed by atoms with van der Waals surface area (Å²) in [7, 11) is 2.07. The van der Waals surface area contributed by atoms with Crippen LogP contribution in [-0.2, 0) is 23.8 Å². The number of nitrogens with zero attached hydrogens (tertiary/aromatic N) is 1. The summed E-state index contributed by atoms with van der Waals surface area (Å²) in [6.45, 7) is 2.77. The maximum absolute atomic E-state index is 13.6. The predicted octanol–water partition coefficient (Wildman–Crippen LogP) is 4.88. The Kier molecular flexibility index (Phi) is 6.21. The summed E-state index contributed by atoms with van der Waals surface area (Å²) in [4.78, 5) is 0.836. The van der Waals surface area contributed by atoms with Crippen molar-refractivity contribution in [1.82, 2.24) is 4.31 Å². The molecule has 0 saturated heterocycles. The molecule has 2 atom stereocenters. The highest BCUT2D eigenvalue weighted by Gasteiger charge is 2.33. The zero-order valence-corrected chi connectivity index (χ0v) is 18.4. The summed E-state index contributed by atoms with van der Waals surface area (Å²) in [5.41, 5.74) is 4.77. The van der Waals surface area contributed by atoms with Crippen molar-refractivity contribution in [2.45, 2.75) is 30.7 Å². The number of hydrogen-bond donors (Lipinski definition) is 0. The SMILES string of the molecule is COc1cc2c(cc1OC)[C@H](Cc1ccccc1)N([S@](=O)c1ccc(C)cc1)CC2. The molecule has 3 aromatic rings. The summed E-state index contributed by atoms with van der Waals surface area (Å²) in [5.74, 6) is 1.44. The quantitative estimate of drug-likeness (QED) is 0.570. The molecule has 0 aliphatic carbocycles. The smallest absolute Gasteiger partial charge is 0.161 e. The molecule has 0 saturated carbocycles. The van der Waals surface area contributed by atoms with Crippen molar-refractivity contribution in [3.63, 3.8) is 0 Å². The molecule has 0 N–H and O–H groups in total. The second kappa shape index (κ2) is 9.02. The summed E-state index contributed by atoms with van der Waals surface area (Å²) in [6, 6.07) is 22.5. The number of fused-ring (bicyclic) bond motifs is 1. The van der Waals surface area contributed by atoms with Gasteiger partial charge in [0.25, 0.3) is 0 Å². The van der Waals surface area contributed by atoms with Crippen LogP contribution in [0.2, 0.25) is 0 Å². The molecule has 0 bridgehead atoms. The van der Waals surface area contributed by atoms with Crippen LogP contribution in [0.5, 0.6) is 11.5 Å². The first-order chi connectivity index (χ1) is 14.6. The van der Waals surface area contributed by atoms with E-state index in [1.54, 1.807) is 14.2 Å². The number of ether oxygens (including phenoxy) is 2. The van der Waals surface area contributed by atoms with Gasteiger partial charge in [-0.1, -0.05) is 48.0 Å². The van der Waals surface area contributed by atoms with Crippen LogP contribution in [-0.4, -0.2) is 29.3 Å². The van der Waals surface area contributed by atoms with Crippen LogP contribution in [0.15, 0.2) is 71.6 Å². The Labute approximate surface area is 181 Å². The van der Waals surface area contributed by atoms with E-state index < -0.39 is 11.0 Å². The van der Waals surface area contributed by atoms with Crippen LogP contribution in [0.3, 0.4) is 0 Å². The van der Waals surface area contributed by atoms with Gasteiger partial charge in [-0.15, -0.1) is 0 Å². The average Bonchev–Trinajstić information content (AvgIpc) is 2.79. The van der Waals surface area contributed by atoms with E-state index in [0.717, 1.165) is 41.2 Å². The molecular weight excluding hydrogens is 394 g/mol. The lowest BCUT2D eigenvalue weighted by Gasteiger charge is -2.36. The minimum atomic E-state index is -1.24. The molecule has 1 heterocycles. The molecule has 0 radical (unpaired) electrons. The van der Waals surface area contributed by atoms with Gasteiger partial charge in [0.05, 0.1) is 25.2 Å². The standard InChI is InChI=1S/C25H27NO3S/c1-18-9-11-21(12-10-18)30(27)26-14-13-20-16-24(28-2)25(29-3)17-22(20)23(26)15-19-7-5-4-6-8-19/h4-12,16-17,23H,13-15H2,1-3H3/t23-,30+/m0/s1. The largest absolute Gasteiger partial charge is 0.493 e. The van der Waals surface area contributed by atoms with Gasteiger partial charge in [0, 0.05) is 6.54 Å². The monoisotopic (exact) mass is 421 g/mol. The number of benzene rings is 3. The molecule has 30 heavy (non-hydrogen) atoms. The number of hydrogen-bond acceptors (Lipinski definition) is 3. The van der Waals surface area contributed by atoms with Crippen molar-refractivity contribution >= 4 is 11.0 Å². The maximum atomic E-state index is 13.6. The van der Waals surface area contributed by atoms with Crippen molar-refractivity contribution in [3.8, 4) is 11.5 Å². The molecule has 156 valence electrons. The first-order valence-electron chi connectivity index (χ1n) is 10.1. The van der Waals surface area contributed by atoms with Crippen LogP contribution in [0.25, 0.3) is 0 Å². The van der Waals surface area contributed by atoms with E-state index in [9.17, 15) is 4.21 Å². The van der Waals surface area contributed by atoms with Gasteiger partial charge in [-0.2, -0.15) is 0 Å². The zero-order chi connectivity index (χ0) is 21.1. The van der Waals surface area contributed by atoms with Gasteiger partial charge in [-0.3, -0.25) is 0 Å². The molecule has 1 aliphatic heterocycles. The highest BCUT2D eigenvalue weighted by Crippen LogP contribution is 2.40. The summed E-state index contributed by atoms with van der Waals surface area (Å²) >= 11 is 0. The lowest BCUT2D eigenvalue weighted by atomic mass is 9.90. The third kappa shape index (κ3) is 4.13. The van der Waals surface area contributed by atoms with E-state index in [1.165, 1.54) is 11.1 Å². The Hall–Kier alpha value is -2.63. The predicted molar refractivity (Wildman–Crippen MR) is 120 cm³/mol. The van der Waals surface area contributed by atoms with Crippen LogP contribution in [0.1, 0.15) is 28.3 Å². The molecule has 0 fully saturated rings. The van der Waals surface area contributed by atoms with E-state index in [-0.39, 0.29) is 6.04 Å². The second-order valence-electron chi connectivity index (χ2n) is 7.56. The normalized spacial score (nSPS) is 17.2. The molecule has 1 aliphatic rings. The second-order valence-corrected chi connectivity index (χ2v) is 9.00. The molecule has 4 rings (SSSR count). The van der Waals surface area contributed by atoms with Gasteiger partial charge in [0.15, 0.2) is 11.5 Å². The Bertz CT molecular complexity index is 1030. The topological polar surface area (TPSA) is 38.8 Å². The fourth-order valence-corrected chi connectivity index (χ4v) is 5.36. The Morgan fingerprint density at radius 2 is 1.63 bits per heavy atom. The third-order valence-corrected chi connectivity index (χ3v) is 7.20. The maximum Gasteiger partial charge on any atom is 0.161 e. The molecular formula is C25H27NO3S. The molecule has 4 nitrogen and oxygen atoms in total. The van der Waals surface area contributed by atoms with E-state index >= 15 is 0 Å². The zero-order valence-electron chi connectivity index (χ0n) is 17.6. The first-order valence-corrected chi connectivity index (χ1v) is 11.3. The highest BCUT2D eigenvalue weighted by molar-refractivity contribution is 7.82. The lowest BCUT2D eigenvalue weighted by molar-refractivity contribution is 0.315. The van der Waals surface area contributed by atoms with Crippen molar-refractivity contribution in [2.24, 2.45) is 0 Å². The molecule has 0 unspecified atom stereocenters. The van der Waals surface area contributed by atoms with Gasteiger partial charge < -0.3 is 9.47 Å². The Balaban J connectivity index is 1.76. The molecule has 5 heteroatoms. The number of aryl methyl sites for hydroxylation is 1. The van der Waals surface area contributed by atoms with Crippen LogP contribution >= 0.6 is 0 Å². The lowest BCUT2D eigenvalue weighted by Crippen LogP contribution is -2.38. The van der Waals surface area contributed by atoms with Crippen LogP contribution in [0.4, 0.5) is 0 Å². The minimum Gasteiger partial charge on any atom is -0.493 e. The van der Waals surface area contributed by atoms with E-state index in [1.807, 2.05) is 37.3 Å². The van der Waals surface area contributed by atoms with Crippen molar-refractivity contribution in [3.05, 3.63) is 89.0 Å². The Morgan fingerprint density at radius 1 is 0.967 bits per heavy atom. The summed E-state index contributed by atoms with van der Waals surface area (Å²) in [5, 5.41) is 0. The van der Waals surface area contributed by atoms with Gasteiger partial charge >= 0.3 is 0 Å². The fraction of sp³-hybridized carbons (Fsp3) is 0.280. The van der Waals surface area contributed by atoms with E-state index in [0.29, 0.717) is 5.75 Å². The molecule has 0 spiro atoms. The molecule has 0 aromatic heterocycles. The number of methoxy groups -OCH3 is 2. The van der Waals surface area contributed by atoms with Crippen molar-refractivity contribution in [2.75, 3.05) is 20.8 Å². The van der Waals surface area contributed by atoms with Crippen molar-refractivity contribution < 1.29 is 13.7 Å².